The molecule has 2 rings (SSSR count). The van der Waals surface area contributed by atoms with Crippen molar-refractivity contribution >= 4 is 11.6 Å². The second-order valence-electron chi connectivity index (χ2n) is 5.03. The Morgan fingerprint density at radius 2 is 1.70 bits per heavy atom. The van der Waals surface area contributed by atoms with Crippen molar-refractivity contribution < 1.29 is 8.78 Å². The summed E-state index contributed by atoms with van der Waals surface area (Å²) >= 11 is 6.22. The van der Waals surface area contributed by atoms with E-state index in [2.05, 4.69) is 6.07 Å². The summed E-state index contributed by atoms with van der Waals surface area (Å²) in [6, 6.07) is 12.1. The molecule has 0 aromatic heterocycles. The van der Waals surface area contributed by atoms with Gasteiger partial charge in [0.25, 0.3) is 0 Å². The van der Waals surface area contributed by atoms with Gasteiger partial charge in [0.2, 0.25) is 0 Å². The molecule has 2 aromatic rings. The Kier molecular flexibility index (Phi) is 5.13. The topological polar surface area (TPSA) is 0 Å². The molecule has 0 saturated heterocycles. The van der Waals surface area contributed by atoms with Crippen LogP contribution < -0.4 is 0 Å². The van der Waals surface area contributed by atoms with Gasteiger partial charge in [0.15, 0.2) is 0 Å². The third-order valence-electron chi connectivity index (χ3n) is 3.32. The predicted molar refractivity (Wildman–Crippen MR) is 79.2 cm³/mol. The van der Waals surface area contributed by atoms with Crippen LogP contribution in [0.1, 0.15) is 23.1 Å². The predicted octanol–water partition coefficient (Wildman–Crippen LogP) is 5.06. The summed E-state index contributed by atoms with van der Waals surface area (Å²) in [5.74, 6) is -1.04. The van der Waals surface area contributed by atoms with E-state index in [1.54, 1.807) is 0 Å². The fourth-order valence-corrected chi connectivity index (χ4v) is 2.51. The van der Waals surface area contributed by atoms with Crippen LogP contribution in [0.5, 0.6) is 0 Å². The molecule has 0 nitrogen and oxygen atoms in total. The summed E-state index contributed by atoms with van der Waals surface area (Å²) in [6.07, 6.45) is 1.72. The van der Waals surface area contributed by atoms with Crippen molar-refractivity contribution in [3.8, 4) is 0 Å². The highest BCUT2D eigenvalue weighted by atomic mass is 35.5. The van der Waals surface area contributed by atoms with Crippen LogP contribution in [0.25, 0.3) is 0 Å². The Morgan fingerprint density at radius 3 is 2.35 bits per heavy atom. The van der Waals surface area contributed by atoms with Gasteiger partial charge in [-0.05, 0) is 43.9 Å². The lowest BCUT2D eigenvalue weighted by Crippen LogP contribution is -2.08. The van der Waals surface area contributed by atoms with E-state index in [9.17, 15) is 8.78 Å². The molecule has 0 amide bonds. The molecule has 20 heavy (non-hydrogen) atoms. The van der Waals surface area contributed by atoms with Crippen molar-refractivity contribution in [3.63, 3.8) is 0 Å². The monoisotopic (exact) mass is 294 g/mol. The molecule has 0 spiro atoms. The van der Waals surface area contributed by atoms with Crippen molar-refractivity contribution in [3.05, 3.63) is 70.8 Å². The normalized spacial score (nSPS) is 12.4. The zero-order valence-corrected chi connectivity index (χ0v) is 12.1. The molecular weight excluding hydrogens is 278 g/mol. The SMILES string of the molecule is Cc1cccc(CCC(Cl)Cc2c(F)cccc2F)c1. The number of alkyl halides is 1. The maximum atomic E-state index is 13.5. The number of hydrogen-bond donors (Lipinski definition) is 0. The molecular formula is C17H17ClF2. The fraction of sp³-hybridized carbons (Fsp3) is 0.294. The van der Waals surface area contributed by atoms with Gasteiger partial charge in [-0.2, -0.15) is 0 Å². The third-order valence-corrected chi connectivity index (χ3v) is 3.69. The van der Waals surface area contributed by atoms with Crippen molar-refractivity contribution in [2.75, 3.05) is 0 Å². The Hall–Kier alpha value is -1.41. The lowest BCUT2D eigenvalue weighted by molar-refractivity contribution is 0.548. The van der Waals surface area contributed by atoms with Gasteiger partial charge >= 0.3 is 0 Å². The first kappa shape index (κ1) is 15.0. The first-order valence-electron chi connectivity index (χ1n) is 6.69. The average Bonchev–Trinajstić information content (AvgIpc) is 2.41. The summed E-state index contributed by atoms with van der Waals surface area (Å²) in [5, 5.41) is -0.276. The molecule has 1 atom stereocenters. The van der Waals surface area contributed by atoms with Crippen LogP contribution in [0.3, 0.4) is 0 Å². The Bertz CT molecular complexity index is 561. The van der Waals surface area contributed by atoms with Crippen LogP contribution in [-0.2, 0) is 12.8 Å². The molecule has 1 unspecified atom stereocenters. The van der Waals surface area contributed by atoms with E-state index in [0.29, 0.717) is 6.42 Å². The Morgan fingerprint density at radius 1 is 1.05 bits per heavy atom. The van der Waals surface area contributed by atoms with Gasteiger partial charge in [-0.3, -0.25) is 0 Å². The van der Waals surface area contributed by atoms with Crippen LogP contribution >= 0.6 is 11.6 Å². The van der Waals surface area contributed by atoms with Crippen molar-refractivity contribution in [1.82, 2.24) is 0 Å². The van der Waals surface area contributed by atoms with Gasteiger partial charge in [-0.15, -0.1) is 11.6 Å². The number of rotatable bonds is 5. The largest absolute Gasteiger partial charge is 0.207 e. The van der Waals surface area contributed by atoms with Crippen LogP contribution in [0, 0.1) is 18.6 Å². The Labute approximate surface area is 123 Å². The molecule has 2 aromatic carbocycles. The average molecular weight is 295 g/mol. The molecule has 0 aliphatic rings. The smallest absolute Gasteiger partial charge is 0.129 e. The minimum absolute atomic E-state index is 0.0803. The van der Waals surface area contributed by atoms with Gasteiger partial charge in [-0.25, -0.2) is 8.78 Å². The van der Waals surface area contributed by atoms with E-state index in [4.69, 9.17) is 11.6 Å². The number of benzene rings is 2. The standard InChI is InChI=1S/C17H17ClF2/c1-12-4-2-5-13(10-12)8-9-14(18)11-15-16(19)6-3-7-17(15)20/h2-7,10,14H,8-9,11H2,1H3. The third kappa shape index (κ3) is 4.04. The summed E-state index contributed by atoms with van der Waals surface area (Å²) in [4.78, 5) is 0. The minimum atomic E-state index is -0.522. The van der Waals surface area contributed by atoms with Crippen LogP contribution in [0.4, 0.5) is 8.78 Å². The highest BCUT2D eigenvalue weighted by molar-refractivity contribution is 6.20. The minimum Gasteiger partial charge on any atom is -0.207 e. The second-order valence-corrected chi connectivity index (χ2v) is 5.65. The lowest BCUT2D eigenvalue weighted by atomic mass is 10.0. The molecule has 0 fully saturated rings. The fourth-order valence-electron chi connectivity index (χ4n) is 2.24. The quantitative estimate of drug-likeness (QED) is 0.677. The maximum absolute atomic E-state index is 13.5. The lowest BCUT2D eigenvalue weighted by Gasteiger charge is -2.11. The van der Waals surface area contributed by atoms with E-state index in [1.807, 2.05) is 25.1 Å². The molecule has 0 saturated carbocycles. The van der Waals surface area contributed by atoms with Gasteiger partial charge < -0.3 is 0 Å². The summed E-state index contributed by atoms with van der Waals surface area (Å²) in [5.41, 5.74) is 2.48. The molecule has 0 radical (unpaired) electrons. The van der Waals surface area contributed by atoms with Gasteiger partial charge in [0.1, 0.15) is 11.6 Å². The molecule has 106 valence electrons. The van der Waals surface area contributed by atoms with Crippen molar-refractivity contribution in [2.45, 2.75) is 31.6 Å². The van der Waals surface area contributed by atoms with Crippen LogP contribution in [0.15, 0.2) is 42.5 Å². The van der Waals surface area contributed by atoms with Crippen molar-refractivity contribution in [2.24, 2.45) is 0 Å². The second kappa shape index (κ2) is 6.85. The van der Waals surface area contributed by atoms with E-state index >= 15 is 0 Å². The highest BCUT2D eigenvalue weighted by Gasteiger charge is 2.14. The maximum Gasteiger partial charge on any atom is 0.129 e. The highest BCUT2D eigenvalue weighted by Crippen LogP contribution is 2.19. The van der Waals surface area contributed by atoms with Gasteiger partial charge in [-0.1, -0.05) is 35.9 Å². The number of hydrogen-bond acceptors (Lipinski definition) is 0. The van der Waals surface area contributed by atoms with E-state index in [1.165, 1.54) is 29.3 Å². The molecule has 0 aliphatic carbocycles. The summed E-state index contributed by atoms with van der Waals surface area (Å²) in [6.45, 7) is 2.04. The van der Waals surface area contributed by atoms with Crippen LogP contribution in [0.2, 0.25) is 0 Å². The number of aryl methyl sites for hydroxylation is 2. The van der Waals surface area contributed by atoms with E-state index in [-0.39, 0.29) is 17.4 Å². The van der Waals surface area contributed by atoms with Gasteiger partial charge in [0.05, 0.1) is 0 Å². The van der Waals surface area contributed by atoms with E-state index < -0.39 is 11.6 Å². The Balaban J connectivity index is 1.94. The summed E-state index contributed by atoms with van der Waals surface area (Å²) in [7, 11) is 0. The first-order valence-corrected chi connectivity index (χ1v) is 7.12. The molecule has 0 heterocycles. The van der Waals surface area contributed by atoms with Crippen LogP contribution in [-0.4, -0.2) is 5.38 Å². The van der Waals surface area contributed by atoms with Gasteiger partial charge in [0, 0.05) is 10.9 Å². The molecule has 0 bridgehead atoms. The zero-order chi connectivity index (χ0) is 14.5. The zero-order valence-electron chi connectivity index (χ0n) is 11.4. The van der Waals surface area contributed by atoms with Crippen molar-refractivity contribution in [1.29, 1.82) is 0 Å². The molecule has 0 aliphatic heterocycles. The number of halogens is 3. The van der Waals surface area contributed by atoms with E-state index in [0.717, 1.165) is 6.42 Å². The summed E-state index contributed by atoms with van der Waals surface area (Å²) < 4.78 is 27.1. The first-order chi connectivity index (χ1) is 9.56. The molecule has 0 N–H and O–H groups in total. The molecule has 3 heteroatoms.